The molecule has 2 aromatic rings. The van der Waals surface area contributed by atoms with Crippen LogP contribution in [0, 0.1) is 13.8 Å². The van der Waals surface area contributed by atoms with Gasteiger partial charge in [0.1, 0.15) is 5.75 Å². The molecule has 2 saturated heterocycles. The van der Waals surface area contributed by atoms with E-state index in [-0.39, 0.29) is 23.8 Å². The van der Waals surface area contributed by atoms with Crippen molar-refractivity contribution in [3.05, 3.63) is 35.4 Å². The Hall–Kier alpha value is -2.67. The third-order valence-corrected chi connectivity index (χ3v) is 5.69. The van der Waals surface area contributed by atoms with Gasteiger partial charge in [0.05, 0.1) is 24.4 Å². The number of likely N-dealkylation sites (tertiary alicyclic amines) is 1. The summed E-state index contributed by atoms with van der Waals surface area (Å²) in [7, 11) is 0. The summed E-state index contributed by atoms with van der Waals surface area (Å²) in [5.41, 5.74) is 3.34. The first kappa shape index (κ1) is 18.7. The zero-order chi connectivity index (χ0) is 19.8. The quantitative estimate of drug-likeness (QED) is 0.859. The number of phenols is 1. The van der Waals surface area contributed by atoms with E-state index in [0.29, 0.717) is 24.4 Å². The van der Waals surface area contributed by atoms with Crippen molar-refractivity contribution in [3.63, 3.8) is 0 Å². The molecular weight excluding hydrogens is 356 g/mol. The number of ether oxygens (including phenoxy) is 1. The van der Waals surface area contributed by atoms with E-state index >= 15 is 0 Å². The Morgan fingerprint density at radius 1 is 1.21 bits per heavy atom. The lowest BCUT2D eigenvalue weighted by Gasteiger charge is -2.47. The van der Waals surface area contributed by atoms with Crippen LogP contribution in [0.4, 0.5) is 5.82 Å². The van der Waals surface area contributed by atoms with Crippen molar-refractivity contribution in [2.75, 3.05) is 31.1 Å². The number of amides is 1. The van der Waals surface area contributed by atoms with Gasteiger partial charge < -0.3 is 19.6 Å². The van der Waals surface area contributed by atoms with Gasteiger partial charge in [-0.05, 0) is 49.6 Å². The number of phenolic OH excluding ortho intramolecular Hbond substituents is 1. The van der Waals surface area contributed by atoms with Crippen LogP contribution < -0.4 is 4.90 Å². The number of benzene rings is 1. The lowest BCUT2D eigenvalue weighted by Crippen LogP contribution is -2.61. The Labute approximate surface area is 164 Å². The molecule has 1 aromatic carbocycles. The SMILES string of the molecule is CC(=O)N1CC[C@@H]2OCCN(c3ccc(-c4c(C)cc(C)cc4O)nn3)[C@@H]2C1. The highest BCUT2D eigenvalue weighted by Gasteiger charge is 2.38. The smallest absolute Gasteiger partial charge is 0.219 e. The second kappa shape index (κ2) is 7.39. The minimum atomic E-state index is 0.0843. The summed E-state index contributed by atoms with van der Waals surface area (Å²) >= 11 is 0. The molecule has 2 fully saturated rings. The van der Waals surface area contributed by atoms with Crippen molar-refractivity contribution >= 4 is 11.7 Å². The van der Waals surface area contributed by atoms with Gasteiger partial charge >= 0.3 is 0 Å². The fourth-order valence-electron chi connectivity index (χ4n) is 4.33. The summed E-state index contributed by atoms with van der Waals surface area (Å²) in [5.74, 6) is 1.09. The zero-order valence-corrected chi connectivity index (χ0v) is 16.6. The number of carbonyl (C=O) groups excluding carboxylic acids is 1. The molecule has 0 spiro atoms. The highest BCUT2D eigenvalue weighted by molar-refractivity contribution is 5.73. The average Bonchev–Trinajstić information content (AvgIpc) is 2.67. The second-order valence-electron chi connectivity index (χ2n) is 7.68. The molecule has 0 saturated carbocycles. The van der Waals surface area contributed by atoms with Gasteiger partial charge in [0.25, 0.3) is 0 Å². The minimum absolute atomic E-state index is 0.0843. The summed E-state index contributed by atoms with van der Waals surface area (Å²) in [6.07, 6.45) is 0.942. The standard InChI is InChI=1S/C21H26N4O3/c1-13-10-14(2)21(18(27)11-13)16-4-5-20(23-22-16)25-8-9-28-19-6-7-24(15(3)26)12-17(19)25/h4-5,10-11,17,19,27H,6-9,12H2,1-3H3/t17-,19+/m1/s1. The van der Waals surface area contributed by atoms with Crippen molar-refractivity contribution in [2.45, 2.75) is 39.3 Å². The number of fused-ring (bicyclic) bond motifs is 1. The Bertz CT molecular complexity index is 861. The first-order chi connectivity index (χ1) is 13.4. The van der Waals surface area contributed by atoms with Gasteiger partial charge in [-0.2, -0.15) is 0 Å². The Morgan fingerprint density at radius 3 is 2.71 bits per heavy atom. The first-order valence-corrected chi connectivity index (χ1v) is 9.72. The maximum atomic E-state index is 11.8. The number of anilines is 1. The lowest BCUT2D eigenvalue weighted by atomic mass is 9.98. The van der Waals surface area contributed by atoms with Crippen LogP contribution in [0.3, 0.4) is 0 Å². The van der Waals surface area contributed by atoms with E-state index < -0.39 is 0 Å². The van der Waals surface area contributed by atoms with E-state index in [1.165, 1.54) is 0 Å². The normalized spacial score (nSPS) is 22.1. The van der Waals surface area contributed by atoms with Gasteiger partial charge in [-0.25, -0.2) is 0 Å². The van der Waals surface area contributed by atoms with E-state index in [0.717, 1.165) is 36.5 Å². The van der Waals surface area contributed by atoms with Crippen LogP contribution in [0.2, 0.25) is 0 Å². The highest BCUT2D eigenvalue weighted by atomic mass is 16.5. The number of hydrogen-bond donors (Lipinski definition) is 1. The molecule has 0 bridgehead atoms. The van der Waals surface area contributed by atoms with Gasteiger partial charge in [0.15, 0.2) is 5.82 Å². The van der Waals surface area contributed by atoms with E-state index in [9.17, 15) is 9.90 Å². The summed E-state index contributed by atoms with van der Waals surface area (Å²) in [6.45, 7) is 8.26. The number of piperidine rings is 1. The summed E-state index contributed by atoms with van der Waals surface area (Å²) in [4.78, 5) is 15.9. The van der Waals surface area contributed by atoms with Crippen LogP contribution >= 0.6 is 0 Å². The van der Waals surface area contributed by atoms with E-state index in [1.807, 2.05) is 36.9 Å². The van der Waals surface area contributed by atoms with Crippen molar-refractivity contribution in [3.8, 4) is 17.0 Å². The molecule has 2 atom stereocenters. The average molecular weight is 382 g/mol. The van der Waals surface area contributed by atoms with E-state index in [2.05, 4.69) is 15.1 Å². The highest BCUT2D eigenvalue weighted by Crippen LogP contribution is 2.33. The van der Waals surface area contributed by atoms with Crippen molar-refractivity contribution in [1.29, 1.82) is 0 Å². The van der Waals surface area contributed by atoms with Gasteiger partial charge in [-0.1, -0.05) is 6.07 Å². The Kier molecular flexibility index (Phi) is 4.93. The molecule has 3 heterocycles. The molecule has 1 aromatic heterocycles. The summed E-state index contributed by atoms with van der Waals surface area (Å²) in [5, 5.41) is 19.2. The van der Waals surface area contributed by atoms with Crippen molar-refractivity contribution in [2.24, 2.45) is 0 Å². The number of aromatic hydroxyl groups is 1. The molecule has 1 N–H and O–H groups in total. The molecule has 4 rings (SSSR count). The molecule has 0 unspecified atom stereocenters. The predicted octanol–water partition coefficient (Wildman–Crippen LogP) is 2.29. The maximum Gasteiger partial charge on any atom is 0.219 e. The van der Waals surface area contributed by atoms with Gasteiger partial charge in [0, 0.05) is 32.1 Å². The van der Waals surface area contributed by atoms with Crippen LogP contribution in [0.15, 0.2) is 24.3 Å². The number of carbonyl (C=O) groups is 1. The largest absolute Gasteiger partial charge is 0.507 e. The van der Waals surface area contributed by atoms with Crippen LogP contribution in [0.25, 0.3) is 11.3 Å². The predicted molar refractivity (Wildman–Crippen MR) is 106 cm³/mol. The number of hydrogen-bond acceptors (Lipinski definition) is 6. The van der Waals surface area contributed by atoms with Crippen LogP contribution in [0.1, 0.15) is 24.5 Å². The molecule has 7 heteroatoms. The van der Waals surface area contributed by atoms with Gasteiger partial charge in [-0.15, -0.1) is 10.2 Å². The topological polar surface area (TPSA) is 78.8 Å². The Morgan fingerprint density at radius 2 is 2.04 bits per heavy atom. The minimum Gasteiger partial charge on any atom is -0.507 e. The fourth-order valence-corrected chi connectivity index (χ4v) is 4.33. The molecule has 1 amide bonds. The van der Waals surface area contributed by atoms with Gasteiger partial charge in [-0.3, -0.25) is 4.79 Å². The fraction of sp³-hybridized carbons (Fsp3) is 0.476. The molecule has 2 aliphatic heterocycles. The van der Waals surface area contributed by atoms with Crippen LogP contribution in [0.5, 0.6) is 5.75 Å². The summed E-state index contributed by atoms with van der Waals surface area (Å²) < 4.78 is 5.94. The van der Waals surface area contributed by atoms with Crippen LogP contribution in [-0.4, -0.2) is 64.5 Å². The van der Waals surface area contributed by atoms with Gasteiger partial charge in [0.2, 0.25) is 5.91 Å². The second-order valence-corrected chi connectivity index (χ2v) is 7.68. The maximum absolute atomic E-state index is 11.8. The zero-order valence-electron chi connectivity index (χ0n) is 16.6. The molecular formula is C21H26N4O3. The third kappa shape index (κ3) is 3.42. The molecule has 7 nitrogen and oxygen atoms in total. The van der Waals surface area contributed by atoms with Crippen molar-refractivity contribution in [1.82, 2.24) is 15.1 Å². The lowest BCUT2D eigenvalue weighted by molar-refractivity contribution is -0.132. The molecule has 2 aliphatic rings. The van der Waals surface area contributed by atoms with Crippen molar-refractivity contribution < 1.29 is 14.6 Å². The van der Waals surface area contributed by atoms with Crippen LogP contribution in [-0.2, 0) is 9.53 Å². The summed E-state index contributed by atoms with van der Waals surface area (Å²) in [6, 6.07) is 7.69. The number of aryl methyl sites for hydroxylation is 2. The van der Waals surface area contributed by atoms with E-state index in [4.69, 9.17) is 4.74 Å². The third-order valence-electron chi connectivity index (χ3n) is 5.69. The number of aromatic nitrogens is 2. The molecule has 148 valence electrons. The molecule has 0 aliphatic carbocycles. The number of nitrogens with zero attached hydrogens (tertiary/aromatic N) is 4. The number of morpholine rings is 1. The van der Waals surface area contributed by atoms with E-state index in [1.54, 1.807) is 13.0 Å². The Balaban J connectivity index is 1.60. The number of rotatable bonds is 2. The first-order valence-electron chi connectivity index (χ1n) is 9.72. The molecule has 28 heavy (non-hydrogen) atoms. The monoisotopic (exact) mass is 382 g/mol. The molecule has 0 radical (unpaired) electrons.